The number of rotatable bonds is 5. The molecule has 4 rings (SSSR count). The summed E-state index contributed by atoms with van der Waals surface area (Å²) in [5.41, 5.74) is 0.0585. The van der Waals surface area contributed by atoms with Gasteiger partial charge in [-0.15, -0.1) is 0 Å². The summed E-state index contributed by atoms with van der Waals surface area (Å²) in [6, 6.07) is 11.3. The molecule has 1 saturated heterocycles. The van der Waals surface area contributed by atoms with Crippen LogP contribution in [0.2, 0.25) is 0 Å². The molecule has 1 aromatic heterocycles. The number of carbonyl (C=O) groups excluding carboxylic acids is 1. The fourth-order valence-electron chi connectivity index (χ4n) is 4.28. The molecule has 0 radical (unpaired) electrons. The standard InChI is InChI=1S/C25H27FN4O3/c1-3-4-11-28-12-13-29(15-17(28)2)24(32)20-14-18(9-10-21(20)26)16-30-22-8-6-5-7-19(22)23(31)27-25(30)33/h3-10,14,17H,11-13,15-16H2,1-2H3,(H,27,31,33)/b4-3+. The van der Waals surface area contributed by atoms with Gasteiger partial charge in [0.15, 0.2) is 0 Å². The van der Waals surface area contributed by atoms with Crippen LogP contribution >= 0.6 is 0 Å². The Morgan fingerprint density at radius 2 is 1.97 bits per heavy atom. The molecule has 3 aromatic rings. The smallest absolute Gasteiger partial charge is 0.329 e. The van der Waals surface area contributed by atoms with Crippen LogP contribution in [0.4, 0.5) is 4.39 Å². The maximum absolute atomic E-state index is 14.7. The summed E-state index contributed by atoms with van der Waals surface area (Å²) in [5.74, 6) is -0.947. The van der Waals surface area contributed by atoms with Crippen molar-refractivity contribution in [2.24, 2.45) is 0 Å². The number of aromatic nitrogens is 2. The lowest BCUT2D eigenvalue weighted by atomic mass is 10.1. The molecule has 0 saturated carbocycles. The average Bonchev–Trinajstić information content (AvgIpc) is 2.81. The van der Waals surface area contributed by atoms with Gasteiger partial charge in [0.25, 0.3) is 11.5 Å². The molecule has 1 amide bonds. The molecule has 8 heteroatoms. The number of hydrogen-bond donors (Lipinski definition) is 1. The molecule has 33 heavy (non-hydrogen) atoms. The van der Waals surface area contributed by atoms with Crippen LogP contribution in [0.3, 0.4) is 0 Å². The van der Waals surface area contributed by atoms with E-state index in [4.69, 9.17) is 0 Å². The van der Waals surface area contributed by atoms with Crippen molar-refractivity contribution < 1.29 is 9.18 Å². The lowest BCUT2D eigenvalue weighted by Crippen LogP contribution is -2.53. The van der Waals surface area contributed by atoms with Crippen LogP contribution in [0.1, 0.15) is 29.8 Å². The number of nitrogens with one attached hydrogen (secondary N) is 1. The number of benzene rings is 2. The molecular weight excluding hydrogens is 423 g/mol. The second-order valence-corrected chi connectivity index (χ2v) is 8.34. The van der Waals surface area contributed by atoms with E-state index in [1.807, 2.05) is 13.0 Å². The minimum Gasteiger partial charge on any atom is -0.336 e. The molecule has 1 aliphatic heterocycles. The Bertz CT molecular complexity index is 1330. The summed E-state index contributed by atoms with van der Waals surface area (Å²) in [7, 11) is 0. The highest BCUT2D eigenvalue weighted by molar-refractivity contribution is 5.94. The van der Waals surface area contributed by atoms with E-state index < -0.39 is 17.1 Å². The third kappa shape index (κ3) is 4.66. The summed E-state index contributed by atoms with van der Waals surface area (Å²) in [5, 5.41) is 0.389. The van der Waals surface area contributed by atoms with E-state index in [-0.39, 0.29) is 24.1 Å². The van der Waals surface area contributed by atoms with Crippen LogP contribution in [0.25, 0.3) is 10.9 Å². The number of piperazine rings is 1. The first-order valence-corrected chi connectivity index (χ1v) is 11.0. The second-order valence-electron chi connectivity index (χ2n) is 8.34. The molecule has 1 unspecified atom stereocenters. The highest BCUT2D eigenvalue weighted by Crippen LogP contribution is 2.18. The Hall–Kier alpha value is -3.52. The van der Waals surface area contributed by atoms with E-state index in [9.17, 15) is 18.8 Å². The number of fused-ring (bicyclic) bond motifs is 1. The number of para-hydroxylation sites is 1. The third-order valence-electron chi connectivity index (χ3n) is 6.13. The molecule has 1 aliphatic rings. The summed E-state index contributed by atoms with van der Waals surface area (Å²) < 4.78 is 16.1. The van der Waals surface area contributed by atoms with Crippen LogP contribution in [-0.4, -0.2) is 57.5 Å². The van der Waals surface area contributed by atoms with Crippen molar-refractivity contribution in [3.8, 4) is 0 Å². The number of carbonyl (C=O) groups is 1. The number of hydrogen-bond acceptors (Lipinski definition) is 4. The van der Waals surface area contributed by atoms with Crippen LogP contribution < -0.4 is 11.2 Å². The molecule has 1 atom stereocenters. The van der Waals surface area contributed by atoms with E-state index in [0.29, 0.717) is 29.6 Å². The maximum Gasteiger partial charge on any atom is 0.329 e. The monoisotopic (exact) mass is 450 g/mol. The number of halogens is 1. The summed E-state index contributed by atoms with van der Waals surface area (Å²) >= 11 is 0. The van der Waals surface area contributed by atoms with Crippen LogP contribution in [-0.2, 0) is 6.54 Å². The third-order valence-corrected chi connectivity index (χ3v) is 6.13. The quantitative estimate of drug-likeness (QED) is 0.606. The van der Waals surface area contributed by atoms with Crippen LogP contribution in [0.5, 0.6) is 0 Å². The van der Waals surface area contributed by atoms with E-state index >= 15 is 0 Å². The number of H-pyrrole nitrogens is 1. The molecule has 7 nitrogen and oxygen atoms in total. The topological polar surface area (TPSA) is 78.4 Å². The van der Waals surface area contributed by atoms with Gasteiger partial charge in [0.05, 0.1) is 23.0 Å². The van der Waals surface area contributed by atoms with Gasteiger partial charge in [-0.2, -0.15) is 0 Å². The Morgan fingerprint density at radius 1 is 1.18 bits per heavy atom. The molecule has 172 valence electrons. The number of nitrogens with zero attached hydrogens (tertiary/aromatic N) is 3. The minimum absolute atomic E-state index is 0.0108. The predicted molar refractivity (Wildman–Crippen MR) is 126 cm³/mol. The normalized spacial score (nSPS) is 17.2. The molecule has 1 fully saturated rings. The Morgan fingerprint density at radius 3 is 2.73 bits per heavy atom. The van der Waals surface area contributed by atoms with Crippen LogP contribution in [0, 0.1) is 5.82 Å². The minimum atomic E-state index is -0.591. The number of allylic oxidation sites excluding steroid dienone is 1. The Labute approximate surface area is 190 Å². The average molecular weight is 451 g/mol. The number of aromatic amines is 1. The zero-order chi connectivity index (χ0) is 23.5. The van der Waals surface area contributed by atoms with Gasteiger partial charge < -0.3 is 4.90 Å². The first-order chi connectivity index (χ1) is 15.9. The van der Waals surface area contributed by atoms with Crippen molar-refractivity contribution in [2.75, 3.05) is 26.2 Å². The van der Waals surface area contributed by atoms with Gasteiger partial charge >= 0.3 is 5.69 Å². The Balaban J connectivity index is 1.60. The lowest BCUT2D eigenvalue weighted by molar-refractivity contribution is 0.0538. The maximum atomic E-state index is 14.7. The zero-order valence-corrected chi connectivity index (χ0v) is 18.8. The number of amides is 1. The first kappa shape index (κ1) is 22.7. The zero-order valence-electron chi connectivity index (χ0n) is 18.8. The van der Waals surface area contributed by atoms with E-state index in [1.165, 1.54) is 16.7 Å². The van der Waals surface area contributed by atoms with Gasteiger partial charge in [0.1, 0.15) is 5.82 Å². The molecular formula is C25H27FN4O3. The van der Waals surface area contributed by atoms with Crippen LogP contribution in [0.15, 0.2) is 64.2 Å². The lowest BCUT2D eigenvalue weighted by Gasteiger charge is -2.39. The van der Waals surface area contributed by atoms with Crippen molar-refractivity contribution in [1.29, 1.82) is 0 Å². The SMILES string of the molecule is C/C=C/CN1CCN(C(=O)c2cc(Cn3c(=O)[nH]c(=O)c4ccccc43)ccc2F)CC1C. The highest BCUT2D eigenvalue weighted by atomic mass is 19.1. The Kier molecular flexibility index (Phi) is 6.55. The molecule has 2 aromatic carbocycles. The van der Waals surface area contributed by atoms with E-state index in [2.05, 4.69) is 22.9 Å². The van der Waals surface area contributed by atoms with E-state index in [0.717, 1.165) is 13.1 Å². The van der Waals surface area contributed by atoms with Gasteiger partial charge in [-0.1, -0.05) is 30.4 Å². The van der Waals surface area contributed by atoms with Gasteiger partial charge in [-0.05, 0) is 43.7 Å². The fraction of sp³-hybridized carbons (Fsp3) is 0.320. The summed E-state index contributed by atoms with van der Waals surface area (Å²) in [6.45, 7) is 6.72. The fourth-order valence-corrected chi connectivity index (χ4v) is 4.28. The van der Waals surface area contributed by atoms with Crippen molar-refractivity contribution in [3.63, 3.8) is 0 Å². The summed E-state index contributed by atoms with van der Waals surface area (Å²) in [4.78, 5) is 44.0. The molecule has 2 heterocycles. The summed E-state index contributed by atoms with van der Waals surface area (Å²) in [6.07, 6.45) is 4.08. The van der Waals surface area contributed by atoms with Gasteiger partial charge in [0, 0.05) is 32.2 Å². The van der Waals surface area contributed by atoms with Crippen molar-refractivity contribution in [3.05, 3.63) is 92.4 Å². The van der Waals surface area contributed by atoms with Gasteiger partial charge in [-0.25, -0.2) is 9.18 Å². The second kappa shape index (κ2) is 9.54. The molecule has 0 bridgehead atoms. The van der Waals surface area contributed by atoms with Gasteiger partial charge in [0.2, 0.25) is 0 Å². The first-order valence-electron chi connectivity index (χ1n) is 11.0. The highest BCUT2D eigenvalue weighted by Gasteiger charge is 2.28. The van der Waals surface area contributed by atoms with Gasteiger partial charge in [-0.3, -0.25) is 24.0 Å². The van der Waals surface area contributed by atoms with Crippen molar-refractivity contribution in [1.82, 2.24) is 19.4 Å². The molecule has 1 N–H and O–H groups in total. The van der Waals surface area contributed by atoms with E-state index in [1.54, 1.807) is 35.2 Å². The largest absolute Gasteiger partial charge is 0.336 e. The molecule has 0 spiro atoms. The van der Waals surface area contributed by atoms with Crippen molar-refractivity contribution >= 4 is 16.8 Å². The predicted octanol–water partition coefficient (Wildman–Crippen LogP) is 2.60. The van der Waals surface area contributed by atoms with Crippen molar-refractivity contribution in [2.45, 2.75) is 26.4 Å². The molecule has 0 aliphatic carbocycles.